The van der Waals surface area contributed by atoms with Crippen LogP contribution in [0.25, 0.3) is 0 Å². The first-order valence-corrected chi connectivity index (χ1v) is 5.84. The summed E-state index contributed by atoms with van der Waals surface area (Å²) in [5.41, 5.74) is 7.10. The van der Waals surface area contributed by atoms with E-state index in [0.29, 0.717) is 12.1 Å². The molecule has 2 rings (SSSR count). The van der Waals surface area contributed by atoms with Crippen LogP contribution in [-0.2, 0) is 6.54 Å². The number of benzene rings is 1. The van der Waals surface area contributed by atoms with Crippen LogP contribution in [0.4, 0.5) is 5.69 Å². The molecule has 0 saturated heterocycles. The van der Waals surface area contributed by atoms with Gasteiger partial charge in [0, 0.05) is 23.9 Å². The zero-order valence-corrected chi connectivity index (χ0v) is 10.7. The molecule has 1 amide bonds. The van der Waals surface area contributed by atoms with Crippen LogP contribution >= 0.6 is 23.2 Å². The van der Waals surface area contributed by atoms with Crippen LogP contribution in [0.1, 0.15) is 15.9 Å². The van der Waals surface area contributed by atoms with Gasteiger partial charge in [-0.05, 0) is 12.1 Å². The Morgan fingerprint density at radius 2 is 2.06 bits per heavy atom. The van der Waals surface area contributed by atoms with Gasteiger partial charge in [-0.25, -0.2) is 0 Å². The number of nitrogen functional groups attached to an aromatic ring is 1. The van der Waals surface area contributed by atoms with E-state index in [1.54, 1.807) is 12.4 Å². The van der Waals surface area contributed by atoms with Gasteiger partial charge in [0.25, 0.3) is 5.91 Å². The van der Waals surface area contributed by atoms with E-state index < -0.39 is 0 Å². The number of halogens is 2. The molecule has 2 aromatic rings. The molecule has 0 aliphatic heterocycles. The lowest BCUT2D eigenvalue weighted by Gasteiger charge is -2.07. The van der Waals surface area contributed by atoms with E-state index in [0.717, 1.165) is 5.56 Å². The predicted octanol–water partition coefficient (Wildman–Crippen LogP) is 2.23. The third kappa shape index (κ3) is 2.75. The fourth-order valence-corrected chi connectivity index (χ4v) is 1.86. The molecule has 94 valence electrons. The number of H-pyrrole nitrogens is 1. The fraction of sp³-hybridized carbons (Fsp3) is 0.0909. The standard InChI is InChI=1S/C11H10Cl2N4O/c12-8-1-7(2-9(13)10(8)14)11(18)15-3-6-4-16-17-5-6/h1-2,4-5H,3,14H2,(H,15,18)(H,16,17). The molecule has 0 aliphatic carbocycles. The summed E-state index contributed by atoms with van der Waals surface area (Å²) >= 11 is 11.7. The normalized spacial score (nSPS) is 10.3. The summed E-state index contributed by atoms with van der Waals surface area (Å²) in [5, 5.41) is 9.68. The Morgan fingerprint density at radius 3 is 2.61 bits per heavy atom. The quantitative estimate of drug-likeness (QED) is 0.756. The van der Waals surface area contributed by atoms with Crippen LogP contribution in [0.15, 0.2) is 24.5 Å². The third-order valence-electron chi connectivity index (χ3n) is 2.35. The zero-order valence-electron chi connectivity index (χ0n) is 9.21. The Labute approximate surface area is 113 Å². The highest BCUT2D eigenvalue weighted by atomic mass is 35.5. The number of hydrogen-bond acceptors (Lipinski definition) is 3. The van der Waals surface area contributed by atoms with Gasteiger partial charge in [-0.15, -0.1) is 0 Å². The van der Waals surface area contributed by atoms with Crippen LogP contribution in [0.2, 0.25) is 10.0 Å². The van der Waals surface area contributed by atoms with E-state index in [-0.39, 0.29) is 21.6 Å². The van der Waals surface area contributed by atoms with Crippen molar-refractivity contribution in [1.82, 2.24) is 15.5 Å². The van der Waals surface area contributed by atoms with Crippen molar-refractivity contribution in [1.29, 1.82) is 0 Å². The van der Waals surface area contributed by atoms with Gasteiger partial charge >= 0.3 is 0 Å². The predicted molar refractivity (Wildman–Crippen MR) is 70.6 cm³/mol. The molecule has 0 spiro atoms. The summed E-state index contributed by atoms with van der Waals surface area (Å²) in [5.74, 6) is -0.278. The number of aromatic amines is 1. The number of hydrogen-bond donors (Lipinski definition) is 3. The second-order valence-electron chi connectivity index (χ2n) is 3.64. The van der Waals surface area contributed by atoms with Crippen molar-refractivity contribution in [3.63, 3.8) is 0 Å². The molecule has 0 fully saturated rings. The van der Waals surface area contributed by atoms with Crippen LogP contribution in [0.3, 0.4) is 0 Å². The largest absolute Gasteiger partial charge is 0.396 e. The molecule has 0 radical (unpaired) electrons. The second kappa shape index (κ2) is 5.29. The van der Waals surface area contributed by atoms with Crippen LogP contribution in [0.5, 0.6) is 0 Å². The molecule has 4 N–H and O–H groups in total. The molecule has 7 heteroatoms. The fourth-order valence-electron chi connectivity index (χ4n) is 1.37. The van der Waals surface area contributed by atoms with Gasteiger partial charge in [0.1, 0.15) is 0 Å². The molecular formula is C11H10Cl2N4O. The van der Waals surface area contributed by atoms with E-state index in [4.69, 9.17) is 28.9 Å². The number of rotatable bonds is 3. The first kappa shape index (κ1) is 12.7. The molecule has 0 unspecified atom stereocenters. The van der Waals surface area contributed by atoms with Crippen molar-refractivity contribution < 1.29 is 4.79 Å². The number of aromatic nitrogens is 2. The van der Waals surface area contributed by atoms with Gasteiger partial charge < -0.3 is 11.1 Å². The molecule has 0 saturated carbocycles. The number of nitrogens with zero attached hydrogens (tertiary/aromatic N) is 1. The zero-order chi connectivity index (χ0) is 13.1. The van der Waals surface area contributed by atoms with Crippen molar-refractivity contribution in [2.45, 2.75) is 6.54 Å². The Balaban J connectivity index is 2.09. The monoisotopic (exact) mass is 284 g/mol. The molecule has 1 aromatic heterocycles. The van der Waals surface area contributed by atoms with Crippen LogP contribution < -0.4 is 11.1 Å². The van der Waals surface area contributed by atoms with Crippen molar-refractivity contribution in [2.75, 3.05) is 5.73 Å². The van der Waals surface area contributed by atoms with Gasteiger partial charge in [-0.2, -0.15) is 5.10 Å². The first-order chi connectivity index (χ1) is 8.58. The van der Waals surface area contributed by atoms with Gasteiger partial charge in [0.05, 0.1) is 21.9 Å². The lowest BCUT2D eigenvalue weighted by atomic mass is 10.2. The van der Waals surface area contributed by atoms with Gasteiger partial charge in [-0.3, -0.25) is 9.89 Å². The molecule has 0 atom stereocenters. The third-order valence-corrected chi connectivity index (χ3v) is 2.97. The summed E-state index contributed by atoms with van der Waals surface area (Å²) in [6.07, 6.45) is 3.33. The molecular weight excluding hydrogens is 275 g/mol. The highest BCUT2D eigenvalue weighted by molar-refractivity contribution is 6.39. The van der Waals surface area contributed by atoms with E-state index >= 15 is 0 Å². The summed E-state index contributed by atoms with van der Waals surface area (Å²) in [6.45, 7) is 0.370. The maximum Gasteiger partial charge on any atom is 0.251 e. The van der Waals surface area contributed by atoms with E-state index in [1.165, 1.54) is 12.1 Å². The van der Waals surface area contributed by atoms with Gasteiger partial charge in [-0.1, -0.05) is 23.2 Å². The molecule has 0 aliphatic rings. The SMILES string of the molecule is Nc1c(Cl)cc(C(=O)NCc2cn[nH]c2)cc1Cl. The minimum Gasteiger partial charge on any atom is -0.396 e. The average molecular weight is 285 g/mol. The number of nitrogens with one attached hydrogen (secondary N) is 2. The minimum atomic E-state index is -0.278. The summed E-state index contributed by atoms with van der Waals surface area (Å²) in [4.78, 5) is 11.9. The van der Waals surface area contributed by atoms with E-state index in [9.17, 15) is 4.79 Å². The molecule has 5 nitrogen and oxygen atoms in total. The molecule has 18 heavy (non-hydrogen) atoms. The van der Waals surface area contributed by atoms with Crippen LogP contribution in [0, 0.1) is 0 Å². The summed E-state index contributed by atoms with van der Waals surface area (Å²) in [6, 6.07) is 2.96. The summed E-state index contributed by atoms with van der Waals surface area (Å²) in [7, 11) is 0. The van der Waals surface area contributed by atoms with Crippen molar-refractivity contribution in [3.8, 4) is 0 Å². The van der Waals surface area contributed by atoms with Crippen molar-refractivity contribution in [2.24, 2.45) is 0 Å². The van der Waals surface area contributed by atoms with Crippen LogP contribution in [-0.4, -0.2) is 16.1 Å². The lowest BCUT2D eigenvalue weighted by Crippen LogP contribution is -2.22. The van der Waals surface area contributed by atoms with E-state index in [2.05, 4.69) is 15.5 Å². The highest BCUT2D eigenvalue weighted by Crippen LogP contribution is 2.28. The molecule has 1 aromatic carbocycles. The Bertz CT molecular complexity index is 545. The Kier molecular flexibility index (Phi) is 3.74. The molecule has 1 heterocycles. The van der Waals surface area contributed by atoms with Crippen molar-refractivity contribution >= 4 is 34.8 Å². The number of amides is 1. The van der Waals surface area contributed by atoms with Gasteiger partial charge in [0.2, 0.25) is 0 Å². The van der Waals surface area contributed by atoms with Crippen molar-refractivity contribution in [3.05, 3.63) is 45.7 Å². The first-order valence-electron chi connectivity index (χ1n) is 5.08. The number of nitrogens with two attached hydrogens (primary N) is 1. The lowest BCUT2D eigenvalue weighted by molar-refractivity contribution is 0.0951. The van der Waals surface area contributed by atoms with E-state index in [1.807, 2.05) is 0 Å². The number of carbonyl (C=O) groups is 1. The smallest absolute Gasteiger partial charge is 0.251 e. The van der Waals surface area contributed by atoms with Gasteiger partial charge in [0.15, 0.2) is 0 Å². The number of anilines is 1. The maximum absolute atomic E-state index is 11.9. The maximum atomic E-state index is 11.9. The highest BCUT2D eigenvalue weighted by Gasteiger charge is 2.11. The summed E-state index contributed by atoms with van der Waals surface area (Å²) < 4.78 is 0. The Morgan fingerprint density at radius 1 is 1.39 bits per heavy atom. The minimum absolute atomic E-state index is 0.260. The average Bonchev–Trinajstić information content (AvgIpc) is 2.85. The Hall–Kier alpha value is -1.72. The topological polar surface area (TPSA) is 83.8 Å². The number of carbonyl (C=O) groups excluding carboxylic acids is 1. The molecule has 0 bridgehead atoms. The second-order valence-corrected chi connectivity index (χ2v) is 4.46.